The molecule has 0 fully saturated rings. The molecule has 0 aliphatic carbocycles. The highest BCUT2D eigenvalue weighted by Gasteiger charge is 2.09. The lowest BCUT2D eigenvalue weighted by atomic mass is 9.94. The second-order valence-electron chi connectivity index (χ2n) is 3.84. The van der Waals surface area contributed by atoms with Crippen molar-refractivity contribution in [3.63, 3.8) is 0 Å². The van der Waals surface area contributed by atoms with Gasteiger partial charge in [0, 0.05) is 11.6 Å². The van der Waals surface area contributed by atoms with E-state index in [2.05, 4.69) is 31.3 Å². The highest BCUT2D eigenvalue weighted by atomic mass is 35.5. The van der Waals surface area contributed by atoms with Gasteiger partial charge in [-0.05, 0) is 36.6 Å². The van der Waals surface area contributed by atoms with E-state index >= 15 is 0 Å². The summed E-state index contributed by atoms with van der Waals surface area (Å²) in [4.78, 5) is 0. The summed E-state index contributed by atoms with van der Waals surface area (Å²) in [5, 5.41) is 4.23. The zero-order chi connectivity index (χ0) is 11.1. The minimum atomic E-state index is 0.618. The van der Waals surface area contributed by atoms with E-state index in [9.17, 15) is 0 Å². The van der Waals surface area contributed by atoms with Gasteiger partial charge in [0.05, 0.1) is 0 Å². The molecule has 0 aliphatic rings. The van der Waals surface area contributed by atoms with E-state index in [0.29, 0.717) is 5.92 Å². The Labute approximate surface area is 97.8 Å². The fraction of sp³-hybridized carbons (Fsp3) is 0.538. The molecule has 0 aliphatic heterocycles. The zero-order valence-corrected chi connectivity index (χ0v) is 10.3. The lowest BCUT2D eigenvalue weighted by Crippen LogP contribution is -2.21. The van der Waals surface area contributed by atoms with E-state index in [-0.39, 0.29) is 0 Å². The number of nitrogens with one attached hydrogen (secondary N) is 1. The van der Waals surface area contributed by atoms with Crippen LogP contribution in [0.1, 0.15) is 38.2 Å². The minimum Gasteiger partial charge on any atom is -0.316 e. The molecular weight excluding hydrogens is 206 g/mol. The summed E-state index contributed by atoms with van der Waals surface area (Å²) in [6.45, 7) is 6.47. The van der Waals surface area contributed by atoms with Crippen molar-refractivity contribution in [1.29, 1.82) is 0 Å². The maximum absolute atomic E-state index is 5.88. The fourth-order valence-corrected chi connectivity index (χ4v) is 1.91. The lowest BCUT2D eigenvalue weighted by Gasteiger charge is -2.16. The normalized spacial score (nSPS) is 12.7. The maximum Gasteiger partial charge on any atom is 0.0406 e. The highest BCUT2D eigenvalue weighted by Crippen LogP contribution is 2.22. The maximum atomic E-state index is 5.88. The van der Waals surface area contributed by atoms with E-state index < -0.39 is 0 Å². The van der Waals surface area contributed by atoms with Crippen LogP contribution in [-0.4, -0.2) is 13.1 Å². The fourth-order valence-electron chi connectivity index (χ4n) is 1.79. The number of halogens is 1. The van der Waals surface area contributed by atoms with Gasteiger partial charge in [0.25, 0.3) is 0 Å². The van der Waals surface area contributed by atoms with Gasteiger partial charge in [0.15, 0.2) is 0 Å². The third-order valence-corrected chi connectivity index (χ3v) is 2.87. The highest BCUT2D eigenvalue weighted by molar-refractivity contribution is 6.30. The number of rotatable bonds is 6. The first-order chi connectivity index (χ1) is 7.27. The second kappa shape index (κ2) is 6.86. The molecular formula is C13H20ClN. The van der Waals surface area contributed by atoms with Gasteiger partial charge in [-0.25, -0.2) is 0 Å². The van der Waals surface area contributed by atoms with Crippen molar-refractivity contribution in [2.75, 3.05) is 13.1 Å². The zero-order valence-electron chi connectivity index (χ0n) is 9.59. The van der Waals surface area contributed by atoms with Gasteiger partial charge in [-0.2, -0.15) is 0 Å². The van der Waals surface area contributed by atoms with Gasteiger partial charge in [-0.1, -0.05) is 44.0 Å². The van der Waals surface area contributed by atoms with Gasteiger partial charge in [-0.3, -0.25) is 0 Å². The van der Waals surface area contributed by atoms with E-state index in [1.165, 1.54) is 18.4 Å². The molecule has 84 valence electrons. The molecule has 1 atom stereocenters. The monoisotopic (exact) mass is 225 g/mol. The number of hydrogen-bond donors (Lipinski definition) is 1. The second-order valence-corrected chi connectivity index (χ2v) is 4.28. The molecule has 1 unspecified atom stereocenters. The third kappa shape index (κ3) is 4.23. The van der Waals surface area contributed by atoms with E-state index in [1.807, 2.05) is 12.1 Å². The molecule has 0 amide bonds. The number of likely N-dealkylation sites (N-methyl/N-ethyl adjacent to an activating group) is 1. The topological polar surface area (TPSA) is 12.0 Å². The molecule has 0 radical (unpaired) electrons. The van der Waals surface area contributed by atoms with Crippen LogP contribution in [0.4, 0.5) is 0 Å². The molecule has 1 N–H and O–H groups in total. The van der Waals surface area contributed by atoms with E-state index in [0.717, 1.165) is 18.1 Å². The Bertz CT molecular complexity index is 268. The van der Waals surface area contributed by atoms with Crippen LogP contribution in [-0.2, 0) is 0 Å². The Morgan fingerprint density at radius 3 is 2.40 bits per heavy atom. The third-order valence-electron chi connectivity index (χ3n) is 2.62. The SMILES string of the molecule is CCCC(CNCC)c1ccc(Cl)cc1. The van der Waals surface area contributed by atoms with Crippen molar-refractivity contribution in [1.82, 2.24) is 5.32 Å². The molecule has 0 saturated carbocycles. The quantitative estimate of drug-likeness (QED) is 0.776. The smallest absolute Gasteiger partial charge is 0.0406 e. The summed E-state index contributed by atoms with van der Waals surface area (Å²) < 4.78 is 0. The van der Waals surface area contributed by atoms with Crippen LogP contribution < -0.4 is 5.32 Å². The average Bonchev–Trinajstić information content (AvgIpc) is 2.25. The summed E-state index contributed by atoms with van der Waals surface area (Å²) >= 11 is 5.88. The summed E-state index contributed by atoms with van der Waals surface area (Å²) in [6, 6.07) is 8.23. The summed E-state index contributed by atoms with van der Waals surface area (Å²) in [6.07, 6.45) is 2.45. The predicted molar refractivity (Wildman–Crippen MR) is 67.6 cm³/mol. The van der Waals surface area contributed by atoms with E-state index in [1.54, 1.807) is 0 Å². The summed E-state index contributed by atoms with van der Waals surface area (Å²) in [5.41, 5.74) is 1.39. The number of hydrogen-bond acceptors (Lipinski definition) is 1. The van der Waals surface area contributed by atoms with Crippen molar-refractivity contribution in [3.8, 4) is 0 Å². The first kappa shape index (κ1) is 12.5. The van der Waals surface area contributed by atoms with Crippen LogP contribution >= 0.6 is 11.6 Å². The Morgan fingerprint density at radius 2 is 1.87 bits per heavy atom. The molecule has 0 saturated heterocycles. The molecule has 1 rings (SSSR count). The van der Waals surface area contributed by atoms with Gasteiger partial charge in [0.2, 0.25) is 0 Å². The molecule has 0 bridgehead atoms. The molecule has 1 aromatic carbocycles. The lowest BCUT2D eigenvalue weighted by molar-refractivity contribution is 0.555. The molecule has 0 aromatic heterocycles. The van der Waals surface area contributed by atoms with Crippen LogP contribution in [0.3, 0.4) is 0 Å². The molecule has 0 heterocycles. The predicted octanol–water partition coefficient (Wildman–Crippen LogP) is 3.83. The number of benzene rings is 1. The first-order valence-corrected chi connectivity index (χ1v) is 6.11. The molecule has 2 heteroatoms. The van der Waals surface area contributed by atoms with E-state index in [4.69, 9.17) is 11.6 Å². The van der Waals surface area contributed by atoms with Crippen LogP contribution in [0.15, 0.2) is 24.3 Å². The molecule has 15 heavy (non-hydrogen) atoms. The Morgan fingerprint density at radius 1 is 1.20 bits per heavy atom. The Kier molecular flexibility index (Phi) is 5.74. The Hall–Kier alpha value is -0.530. The molecule has 0 spiro atoms. The summed E-state index contributed by atoms with van der Waals surface area (Å²) in [5.74, 6) is 0.618. The van der Waals surface area contributed by atoms with Crippen molar-refractivity contribution in [2.45, 2.75) is 32.6 Å². The van der Waals surface area contributed by atoms with Gasteiger partial charge in [0.1, 0.15) is 0 Å². The molecule has 1 aromatic rings. The van der Waals surface area contributed by atoms with Crippen LogP contribution in [0.5, 0.6) is 0 Å². The van der Waals surface area contributed by atoms with Gasteiger partial charge >= 0.3 is 0 Å². The average molecular weight is 226 g/mol. The standard InChI is InChI=1S/C13H20ClN/c1-3-5-12(10-15-4-2)11-6-8-13(14)9-7-11/h6-9,12,15H,3-5,10H2,1-2H3. The Balaban J connectivity index is 2.65. The molecule has 1 nitrogen and oxygen atoms in total. The van der Waals surface area contributed by atoms with Crippen molar-refractivity contribution in [2.24, 2.45) is 0 Å². The van der Waals surface area contributed by atoms with Gasteiger partial charge < -0.3 is 5.32 Å². The van der Waals surface area contributed by atoms with Crippen molar-refractivity contribution in [3.05, 3.63) is 34.9 Å². The van der Waals surface area contributed by atoms with Gasteiger partial charge in [-0.15, -0.1) is 0 Å². The van der Waals surface area contributed by atoms with Crippen LogP contribution in [0.2, 0.25) is 5.02 Å². The largest absolute Gasteiger partial charge is 0.316 e. The van der Waals surface area contributed by atoms with Crippen molar-refractivity contribution < 1.29 is 0 Å². The summed E-state index contributed by atoms with van der Waals surface area (Å²) in [7, 11) is 0. The minimum absolute atomic E-state index is 0.618. The van der Waals surface area contributed by atoms with Crippen LogP contribution in [0, 0.1) is 0 Å². The first-order valence-electron chi connectivity index (χ1n) is 5.74. The van der Waals surface area contributed by atoms with Crippen molar-refractivity contribution >= 4 is 11.6 Å². The van der Waals surface area contributed by atoms with Crippen LogP contribution in [0.25, 0.3) is 0 Å².